The third kappa shape index (κ3) is 9.69. The molecule has 5 aromatic rings. The number of hydrogen-bond donors (Lipinski definition) is 3. The molecule has 0 aliphatic heterocycles. The highest BCUT2D eigenvalue weighted by atomic mass is 35.5. The summed E-state index contributed by atoms with van der Waals surface area (Å²) in [4.78, 5) is 35.4. The molecule has 0 fully saturated rings. The SMILES string of the molecule is CC(=O)OC(c1cccnc1NC(=O)OCCC([n+]1cn[nH]c1)[C@@](O)(c1cc(F)ccc1F)[C@H](C)c1nc(-c2ccc(C#N)cc2)cs1)N(C)C.Cl.[Cl-]. The number of thiazole rings is 1. The Morgan fingerprint density at radius 2 is 1.92 bits per heavy atom. The highest BCUT2D eigenvalue weighted by molar-refractivity contribution is 7.10. The number of H-pyrrole nitrogens is 1. The van der Waals surface area contributed by atoms with Crippen LogP contribution in [0, 0.1) is 23.0 Å². The van der Waals surface area contributed by atoms with Crippen molar-refractivity contribution < 1.29 is 49.9 Å². The van der Waals surface area contributed by atoms with Crippen LogP contribution in [0.1, 0.15) is 60.2 Å². The first kappa shape index (κ1) is 42.4. The Bertz CT molecular complexity index is 2030. The van der Waals surface area contributed by atoms with Crippen LogP contribution in [-0.2, 0) is 19.9 Å². The van der Waals surface area contributed by atoms with E-state index < -0.39 is 47.5 Å². The van der Waals surface area contributed by atoms with Crippen molar-refractivity contribution >= 4 is 41.6 Å². The van der Waals surface area contributed by atoms with E-state index in [9.17, 15) is 24.3 Å². The average Bonchev–Trinajstić information content (AvgIpc) is 3.83. The summed E-state index contributed by atoms with van der Waals surface area (Å²) in [5, 5.41) is 33.4. The molecule has 0 saturated heterocycles. The van der Waals surface area contributed by atoms with Crippen molar-refractivity contribution in [3.8, 4) is 17.3 Å². The number of amides is 1. The van der Waals surface area contributed by atoms with Crippen molar-refractivity contribution in [3.63, 3.8) is 0 Å². The van der Waals surface area contributed by atoms with E-state index in [-0.39, 0.29) is 49.2 Å². The number of carbonyl (C=O) groups excluding carboxylic acids is 2. The van der Waals surface area contributed by atoms with E-state index >= 15 is 4.39 Å². The summed E-state index contributed by atoms with van der Waals surface area (Å²) in [5.41, 5.74) is -0.321. The van der Waals surface area contributed by atoms with Crippen molar-refractivity contribution in [2.45, 2.75) is 44.1 Å². The maximum Gasteiger partial charge on any atom is 0.412 e. The lowest BCUT2D eigenvalue weighted by Gasteiger charge is -2.39. The van der Waals surface area contributed by atoms with Crippen LogP contribution in [0.4, 0.5) is 19.4 Å². The molecule has 13 nitrogen and oxygen atoms in total. The van der Waals surface area contributed by atoms with Gasteiger partial charge in [0.1, 0.15) is 29.1 Å². The monoisotopic (exact) mass is 788 g/mol. The molecule has 2 aromatic carbocycles. The van der Waals surface area contributed by atoms with Crippen molar-refractivity contribution in [2.75, 3.05) is 26.0 Å². The molecule has 1 amide bonds. The zero-order chi connectivity index (χ0) is 36.7. The number of aromatic amines is 1. The quantitative estimate of drug-likeness (QED) is 0.0917. The highest BCUT2D eigenvalue weighted by Crippen LogP contribution is 2.46. The summed E-state index contributed by atoms with van der Waals surface area (Å²) in [6.45, 7) is 2.63. The Morgan fingerprint density at radius 3 is 2.57 bits per heavy atom. The molecular formula is C35H36Cl2F2N8O5S. The van der Waals surface area contributed by atoms with Gasteiger partial charge in [-0.25, -0.2) is 28.1 Å². The third-order valence-electron chi connectivity index (χ3n) is 8.26. The molecule has 18 heteroatoms. The van der Waals surface area contributed by atoms with E-state index in [2.05, 4.69) is 26.6 Å². The van der Waals surface area contributed by atoms with Gasteiger partial charge in [0.05, 0.1) is 34.5 Å². The Kier molecular flexibility index (Phi) is 14.9. The van der Waals surface area contributed by atoms with Crippen LogP contribution in [0.3, 0.4) is 0 Å². The fraction of sp³-hybridized carbons (Fsp3) is 0.286. The van der Waals surface area contributed by atoms with Crippen LogP contribution in [0.15, 0.2) is 78.8 Å². The molecule has 0 spiro atoms. The van der Waals surface area contributed by atoms with Gasteiger partial charge in [-0.1, -0.05) is 19.1 Å². The van der Waals surface area contributed by atoms with E-state index in [1.165, 1.54) is 41.7 Å². The predicted molar refractivity (Wildman–Crippen MR) is 188 cm³/mol. The van der Waals surface area contributed by atoms with Crippen molar-refractivity contribution in [3.05, 3.63) is 112 Å². The first-order valence-electron chi connectivity index (χ1n) is 15.7. The smallest absolute Gasteiger partial charge is 0.412 e. The van der Waals surface area contributed by atoms with Gasteiger partial charge >= 0.3 is 12.1 Å². The van der Waals surface area contributed by atoms with Crippen LogP contribution in [0.5, 0.6) is 0 Å². The Balaban J connectivity index is 0.00000378. The Morgan fingerprint density at radius 1 is 1.19 bits per heavy atom. The summed E-state index contributed by atoms with van der Waals surface area (Å²) in [6.07, 6.45) is 2.43. The minimum Gasteiger partial charge on any atom is -1.00 e. The van der Waals surface area contributed by atoms with E-state index in [4.69, 9.17) is 14.5 Å². The number of nitrogens with zero attached hydrogens (tertiary/aromatic N) is 6. The molecule has 280 valence electrons. The second-order valence-electron chi connectivity index (χ2n) is 11.8. The molecule has 2 unspecified atom stereocenters. The lowest BCUT2D eigenvalue weighted by Crippen LogP contribution is -3.00. The Hall–Kier alpha value is -5.05. The second-order valence-corrected chi connectivity index (χ2v) is 12.7. The lowest BCUT2D eigenvalue weighted by atomic mass is 9.75. The largest absolute Gasteiger partial charge is 1.00 e. The molecule has 53 heavy (non-hydrogen) atoms. The standard InChI is InChI=1S/C35H34F2N8O5S.2ClH/c1-21(32-42-29(18-51-32)24-9-7-23(17-38)8-10-24)35(48,27-16-25(36)11-12-28(27)37)30(45-19-40-41-20-45)13-15-49-34(47)43-31-26(6-5-14-39-31)33(44(3)4)50-22(2)46;;/h5-12,14,16,18-21,30,33,48H,13,15H2,1-4H3,(H,39,43,47);2*1H/t21-,30?,33?,35+;;/m1../s1. The Labute approximate surface area is 320 Å². The van der Waals surface area contributed by atoms with Gasteiger partial charge in [0, 0.05) is 47.1 Å². The molecule has 0 aliphatic rings. The number of carbonyl (C=O) groups is 2. The van der Waals surface area contributed by atoms with Crippen LogP contribution in [0.2, 0.25) is 0 Å². The third-order valence-corrected chi connectivity index (χ3v) is 9.29. The van der Waals surface area contributed by atoms with Gasteiger partial charge < -0.3 is 27.0 Å². The van der Waals surface area contributed by atoms with E-state index in [1.807, 2.05) is 0 Å². The van der Waals surface area contributed by atoms with Crippen LogP contribution in [0.25, 0.3) is 11.3 Å². The fourth-order valence-electron chi connectivity index (χ4n) is 5.75. The number of nitrogens with one attached hydrogen (secondary N) is 2. The fourth-order valence-corrected chi connectivity index (χ4v) is 6.71. The number of benzene rings is 2. The second kappa shape index (κ2) is 18.6. The number of halogens is 4. The van der Waals surface area contributed by atoms with Gasteiger partial charge in [0.15, 0.2) is 6.23 Å². The molecular weight excluding hydrogens is 753 g/mol. The van der Waals surface area contributed by atoms with Gasteiger partial charge in [-0.2, -0.15) is 5.26 Å². The number of aromatic nitrogens is 5. The first-order chi connectivity index (χ1) is 24.4. The summed E-state index contributed by atoms with van der Waals surface area (Å²) in [7, 11) is 3.39. The molecule has 3 aromatic heterocycles. The molecule has 0 bridgehead atoms. The van der Waals surface area contributed by atoms with Crippen LogP contribution in [-0.4, -0.2) is 62.9 Å². The first-order valence-corrected chi connectivity index (χ1v) is 16.6. The zero-order valence-electron chi connectivity index (χ0n) is 28.9. The number of nitriles is 1. The lowest BCUT2D eigenvalue weighted by molar-refractivity contribution is -0.741. The summed E-state index contributed by atoms with van der Waals surface area (Å²) < 4.78 is 42.9. The molecule has 0 saturated carbocycles. The van der Waals surface area contributed by atoms with E-state index in [1.54, 1.807) is 67.7 Å². The minimum atomic E-state index is -2.17. The molecule has 5 rings (SSSR count). The van der Waals surface area contributed by atoms with Crippen LogP contribution < -0.4 is 22.3 Å². The van der Waals surface area contributed by atoms with Gasteiger partial charge in [0.2, 0.25) is 6.33 Å². The number of pyridine rings is 1. The zero-order valence-corrected chi connectivity index (χ0v) is 31.3. The van der Waals surface area contributed by atoms with Crippen LogP contribution >= 0.6 is 23.7 Å². The van der Waals surface area contributed by atoms with Crippen molar-refractivity contribution in [1.82, 2.24) is 25.1 Å². The highest BCUT2D eigenvalue weighted by Gasteiger charge is 2.50. The van der Waals surface area contributed by atoms with Gasteiger partial charge in [-0.05, 0) is 56.6 Å². The number of esters is 1. The number of rotatable bonds is 13. The van der Waals surface area contributed by atoms with E-state index in [0.717, 1.165) is 23.8 Å². The van der Waals surface area contributed by atoms with Gasteiger partial charge in [0.25, 0.3) is 6.33 Å². The number of ether oxygens (including phenoxy) is 2. The predicted octanol–water partition coefficient (Wildman–Crippen LogP) is 2.79. The normalized spacial score (nSPS) is 13.6. The molecule has 3 heterocycles. The summed E-state index contributed by atoms with van der Waals surface area (Å²) in [5.74, 6) is -3.00. The van der Waals surface area contributed by atoms with Gasteiger partial charge in [-0.15, -0.1) is 28.8 Å². The van der Waals surface area contributed by atoms with Crippen molar-refractivity contribution in [2.24, 2.45) is 0 Å². The number of aliphatic hydroxyl groups is 1. The number of anilines is 1. The van der Waals surface area contributed by atoms with Gasteiger partial charge in [-0.3, -0.25) is 15.0 Å². The maximum atomic E-state index is 15.7. The summed E-state index contributed by atoms with van der Waals surface area (Å²) >= 11 is 1.23. The minimum absolute atomic E-state index is 0. The molecule has 0 aliphatic carbocycles. The topological polar surface area (TPSA) is 170 Å². The summed E-state index contributed by atoms with van der Waals surface area (Å²) in [6, 6.07) is 13.9. The molecule has 3 N–H and O–H groups in total. The van der Waals surface area contributed by atoms with Crippen molar-refractivity contribution in [1.29, 1.82) is 5.26 Å². The average molecular weight is 790 g/mol. The molecule has 0 radical (unpaired) electrons. The molecule has 4 atom stereocenters. The maximum absolute atomic E-state index is 15.7. The number of hydrogen-bond acceptors (Lipinski definition) is 11. The van der Waals surface area contributed by atoms with E-state index in [0.29, 0.717) is 21.8 Å².